The van der Waals surface area contributed by atoms with Gasteiger partial charge in [0.15, 0.2) is 0 Å². The second-order valence-electron chi connectivity index (χ2n) is 5.17. The lowest BCUT2D eigenvalue weighted by atomic mass is 10.2. The monoisotopic (exact) mass is 306 g/mol. The van der Waals surface area contributed by atoms with E-state index in [0.717, 1.165) is 49.2 Å². The Morgan fingerprint density at radius 2 is 1.71 bits per heavy atom. The first-order valence-electron chi connectivity index (χ1n) is 7.06. The molecule has 2 aromatic heterocycles. The van der Waals surface area contributed by atoms with Gasteiger partial charge in [0.05, 0.1) is 11.6 Å². The molecule has 1 aliphatic heterocycles. The van der Waals surface area contributed by atoms with Crippen molar-refractivity contribution < 1.29 is 0 Å². The minimum atomic E-state index is 0.497. The number of aryl methyl sites for hydroxylation is 2. The standard InChI is InChI=1S/C14H19ClN6/c1-11-12(10-15)13(19(2)18-11)20-6-8-21(9-7-20)14-16-4-3-5-17-14/h3-5H,6-10H2,1-2H3. The van der Waals surface area contributed by atoms with Crippen LogP contribution in [0.2, 0.25) is 0 Å². The summed E-state index contributed by atoms with van der Waals surface area (Å²) in [5, 5.41) is 4.49. The number of hydrogen-bond donors (Lipinski definition) is 0. The lowest BCUT2D eigenvalue weighted by Gasteiger charge is -2.36. The molecule has 2 aromatic rings. The largest absolute Gasteiger partial charge is 0.353 e. The van der Waals surface area contributed by atoms with Crippen LogP contribution in [0.25, 0.3) is 0 Å². The maximum Gasteiger partial charge on any atom is 0.225 e. The van der Waals surface area contributed by atoms with Crippen LogP contribution in [0.3, 0.4) is 0 Å². The third kappa shape index (κ3) is 2.68. The smallest absolute Gasteiger partial charge is 0.225 e. The van der Waals surface area contributed by atoms with Gasteiger partial charge in [0.25, 0.3) is 0 Å². The molecule has 0 N–H and O–H groups in total. The van der Waals surface area contributed by atoms with Crippen molar-refractivity contribution in [1.82, 2.24) is 19.7 Å². The van der Waals surface area contributed by atoms with E-state index >= 15 is 0 Å². The summed E-state index contributed by atoms with van der Waals surface area (Å²) in [7, 11) is 1.98. The summed E-state index contributed by atoms with van der Waals surface area (Å²) in [6.45, 7) is 5.64. The van der Waals surface area contributed by atoms with Gasteiger partial charge in [-0.2, -0.15) is 5.10 Å². The quantitative estimate of drug-likeness (QED) is 0.806. The molecular formula is C14H19ClN6. The lowest BCUT2D eigenvalue weighted by molar-refractivity contribution is 0.613. The van der Waals surface area contributed by atoms with Crippen molar-refractivity contribution in [2.45, 2.75) is 12.8 Å². The topological polar surface area (TPSA) is 50.1 Å². The fourth-order valence-electron chi connectivity index (χ4n) is 2.81. The van der Waals surface area contributed by atoms with Crippen molar-refractivity contribution in [2.75, 3.05) is 36.0 Å². The minimum absolute atomic E-state index is 0.497. The van der Waals surface area contributed by atoms with Gasteiger partial charge in [0, 0.05) is 51.2 Å². The van der Waals surface area contributed by atoms with E-state index in [-0.39, 0.29) is 0 Å². The van der Waals surface area contributed by atoms with E-state index in [9.17, 15) is 0 Å². The Labute approximate surface area is 129 Å². The molecule has 0 bridgehead atoms. The summed E-state index contributed by atoms with van der Waals surface area (Å²) >= 11 is 6.08. The van der Waals surface area contributed by atoms with Crippen LogP contribution in [0, 0.1) is 6.92 Å². The van der Waals surface area contributed by atoms with Crippen molar-refractivity contribution in [3.8, 4) is 0 Å². The number of alkyl halides is 1. The van der Waals surface area contributed by atoms with Gasteiger partial charge in [0.2, 0.25) is 5.95 Å². The fraction of sp³-hybridized carbons (Fsp3) is 0.500. The first kappa shape index (κ1) is 14.1. The van der Waals surface area contributed by atoms with E-state index in [1.54, 1.807) is 12.4 Å². The van der Waals surface area contributed by atoms with Gasteiger partial charge in [-0.15, -0.1) is 11.6 Å². The zero-order valence-electron chi connectivity index (χ0n) is 12.3. The molecular weight excluding hydrogens is 288 g/mol. The number of piperazine rings is 1. The molecule has 0 atom stereocenters. The molecule has 0 radical (unpaired) electrons. The molecule has 1 aliphatic rings. The molecule has 21 heavy (non-hydrogen) atoms. The van der Waals surface area contributed by atoms with Crippen molar-refractivity contribution in [3.63, 3.8) is 0 Å². The van der Waals surface area contributed by atoms with Crippen LogP contribution in [0.5, 0.6) is 0 Å². The van der Waals surface area contributed by atoms with E-state index in [2.05, 4.69) is 24.9 Å². The molecule has 3 heterocycles. The van der Waals surface area contributed by atoms with Crippen LogP contribution in [-0.4, -0.2) is 45.9 Å². The lowest BCUT2D eigenvalue weighted by Crippen LogP contribution is -2.48. The second-order valence-corrected chi connectivity index (χ2v) is 5.43. The second kappa shape index (κ2) is 5.89. The van der Waals surface area contributed by atoms with E-state index < -0.39 is 0 Å². The molecule has 0 aromatic carbocycles. The predicted molar refractivity (Wildman–Crippen MR) is 84.0 cm³/mol. The maximum absolute atomic E-state index is 6.08. The Kier molecular flexibility index (Phi) is 3.96. The summed E-state index contributed by atoms with van der Waals surface area (Å²) in [4.78, 5) is 13.2. The van der Waals surface area contributed by atoms with Crippen LogP contribution in [0.1, 0.15) is 11.3 Å². The van der Waals surface area contributed by atoms with Gasteiger partial charge in [-0.25, -0.2) is 9.97 Å². The highest BCUT2D eigenvalue weighted by Crippen LogP contribution is 2.26. The zero-order chi connectivity index (χ0) is 14.8. The van der Waals surface area contributed by atoms with E-state index in [4.69, 9.17) is 11.6 Å². The Morgan fingerprint density at radius 3 is 2.33 bits per heavy atom. The average molecular weight is 307 g/mol. The molecule has 0 aliphatic carbocycles. The van der Waals surface area contributed by atoms with Gasteiger partial charge in [-0.3, -0.25) is 4.68 Å². The Morgan fingerprint density at radius 1 is 1.10 bits per heavy atom. The zero-order valence-corrected chi connectivity index (χ0v) is 13.1. The van der Waals surface area contributed by atoms with Crippen molar-refractivity contribution in [2.24, 2.45) is 7.05 Å². The van der Waals surface area contributed by atoms with E-state index in [0.29, 0.717) is 5.88 Å². The average Bonchev–Trinajstić information content (AvgIpc) is 2.82. The molecule has 0 saturated carbocycles. The molecule has 7 heteroatoms. The highest BCUT2D eigenvalue weighted by molar-refractivity contribution is 6.17. The van der Waals surface area contributed by atoms with Crippen LogP contribution in [-0.2, 0) is 12.9 Å². The van der Waals surface area contributed by atoms with Crippen molar-refractivity contribution in [3.05, 3.63) is 29.7 Å². The summed E-state index contributed by atoms with van der Waals surface area (Å²) in [5.74, 6) is 2.43. The SMILES string of the molecule is Cc1nn(C)c(N2CCN(c3ncccn3)CC2)c1CCl. The maximum atomic E-state index is 6.08. The molecule has 6 nitrogen and oxygen atoms in total. The molecule has 0 spiro atoms. The van der Waals surface area contributed by atoms with Crippen LogP contribution < -0.4 is 9.80 Å². The Balaban J connectivity index is 1.74. The third-order valence-corrected chi connectivity index (χ3v) is 4.13. The van der Waals surface area contributed by atoms with E-state index in [1.165, 1.54) is 0 Å². The minimum Gasteiger partial charge on any atom is -0.353 e. The summed E-state index contributed by atoms with van der Waals surface area (Å²) in [5.41, 5.74) is 2.14. The van der Waals surface area contributed by atoms with Gasteiger partial charge >= 0.3 is 0 Å². The third-order valence-electron chi connectivity index (χ3n) is 3.86. The first-order chi connectivity index (χ1) is 10.2. The Hall–Kier alpha value is -1.82. The van der Waals surface area contributed by atoms with E-state index in [1.807, 2.05) is 24.7 Å². The number of halogens is 1. The van der Waals surface area contributed by atoms with Gasteiger partial charge in [-0.05, 0) is 13.0 Å². The molecule has 1 fully saturated rings. The highest BCUT2D eigenvalue weighted by atomic mass is 35.5. The number of nitrogens with zero attached hydrogens (tertiary/aromatic N) is 6. The van der Waals surface area contributed by atoms with Crippen LogP contribution in [0.4, 0.5) is 11.8 Å². The number of rotatable bonds is 3. The van der Waals surface area contributed by atoms with Gasteiger partial charge in [0.1, 0.15) is 5.82 Å². The molecule has 0 amide bonds. The normalized spacial score (nSPS) is 15.6. The van der Waals surface area contributed by atoms with Crippen molar-refractivity contribution >= 4 is 23.4 Å². The molecule has 112 valence electrons. The fourth-order valence-corrected chi connectivity index (χ4v) is 3.13. The van der Waals surface area contributed by atoms with Crippen LogP contribution in [0.15, 0.2) is 18.5 Å². The van der Waals surface area contributed by atoms with Gasteiger partial charge < -0.3 is 9.80 Å². The summed E-state index contributed by atoms with van der Waals surface area (Å²) < 4.78 is 1.93. The number of anilines is 2. The first-order valence-corrected chi connectivity index (χ1v) is 7.59. The predicted octanol–water partition coefficient (Wildman–Crippen LogP) is 1.58. The molecule has 1 saturated heterocycles. The van der Waals surface area contributed by atoms with Gasteiger partial charge in [-0.1, -0.05) is 0 Å². The molecule has 3 rings (SSSR count). The number of aromatic nitrogens is 4. The Bertz CT molecular complexity index is 603. The van der Waals surface area contributed by atoms with Crippen LogP contribution >= 0.6 is 11.6 Å². The van der Waals surface area contributed by atoms with Crippen molar-refractivity contribution in [1.29, 1.82) is 0 Å². The number of hydrogen-bond acceptors (Lipinski definition) is 5. The summed E-state index contributed by atoms with van der Waals surface area (Å²) in [6.07, 6.45) is 3.57. The highest BCUT2D eigenvalue weighted by Gasteiger charge is 2.24. The summed E-state index contributed by atoms with van der Waals surface area (Å²) in [6, 6.07) is 1.84. The molecule has 0 unspecified atom stereocenters.